The monoisotopic (exact) mass is 395 g/mol. The molecule has 0 bridgehead atoms. The third-order valence-electron chi connectivity index (χ3n) is 5.40. The lowest BCUT2D eigenvalue weighted by molar-refractivity contribution is 0.101. The van der Waals surface area contributed by atoms with Gasteiger partial charge < -0.3 is 10.1 Å². The Hall–Kier alpha value is -3.07. The molecule has 0 saturated heterocycles. The van der Waals surface area contributed by atoms with E-state index in [9.17, 15) is 4.79 Å². The molecule has 0 aliphatic heterocycles. The Morgan fingerprint density at radius 3 is 2.86 bits per heavy atom. The first-order chi connectivity index (χ1) is 14.0. The fourth-order valence-electron chi connectivity index (χ4n) is 3.91. The number of anilines is 1. The predicted molar refractivity (Wildman–Crippen MR) is 107 cm³/mol. The number of H-pyrrole nitrogens is 1. The van der Waals surface area contributed by atoms with Gasteiger partial charge in [-0.25, -0.2) is 0 Å². The van der Waals surface area contributed by atoms with Crippen LogP contribution in [0.5, 0.6) is 0 Å². The first-order valence-electron chi connectivity index (χ1n) is 9.72. The van der Waals surface area contributed by atoms with Crippen LogP contribution >= 0.6 is 0 Å². The number of hydrogen-bond donors (Lipinski definition) is 2. The number of aromatic amines is 1. The van der Waals surface area contributed by atoms with E-state index >= 15 is 0 Å². The number of carbonyl (C=O) groups excluding carboxylic acids is 1. The molecule has 0 unspecified atom stereocenters. The summed E-state index contributed by atoms with van der Waals surface area (Å²) in [5.41, 5.74) is 4.18. The highest BCUT2D eigenvalue weighted by Gasteiger charge is 2.29. The van der Waals surface area contributed by atoms with Gasteiger partial charge in [-0.2, -0.15) is 20.4 Å². The van der Waals surface area contributed by atoms with Gasteiger partial charge in [-0.1, -0.05) is 0 Å². The molecule has 1 aliphatic carbocycles. The van der Waals surface area contributed by atoms with E-state index in [0.717, 1.165) is 36.3 Å². The van der Waals surface area contributed by atoms with Crippen molar-refractivity contribution >= 4 is 11.7 Å². The van der Waals surface area contributed by atoms with Gasteiger partial charge in [0.2, 0.25) is 0 Å². The summed E-state index contributed by atoms with van der Waals surface area (Å²) in [7, 11) is 3.33. The van der Waals surface area contributed by atoms with E-state index in [1.165, 1.54) is 0 Å². The lowest BCUT2D eigenvalue weighted by atomic mass is 9.99. The first kappa shape index (κ1) is 19.3. The molecule has 3 aromatic heterocycles. The standard InChI is InChI=1S/C20H25N7O2/c1-12-4-7-16(23-22-12)13-5-6-14(8-13)17-10-19(25-24-17)21-20(28)18-9-15(11-29-3)26-27(18)2/h4,7,9-10,13-14H,5-6,8,11H2,1-3H3,(H2,21,24,25,28)/t13-,14+/m0/s1. The van der Waals surface area contributed by atoms with Crippen LogP contribution in [0.2, 0.25) is 0 Å². The summed E-state index contributed by atoms with van der Waals surface area (Å²) in [5.74, 6) is 1.03. The molecule has 1 fully saturated rings. The van der Waals surface area contributed by atoms with Crippen LogP contribution in [0.4, 0.5) is 5.82 Å². The lowest BCUT2D eigenvalue weighted by Gasteiger charge is -2.09. The first-order valence-corrected chi connectivity index (χ1v) is 9.72. The molecule has 3 heterocycles. The second kappa shape index (κ2) is 8.12. The number of methoxy groups -OCH3 is 1. The van der Waals surface area contributed by atoms with Crippen molar-refractivity contribution in [3.8, 4) is 0 Å². The molecule has 0 spiro atoms. The number of amides is 1. The van der Waals surface area contributed by atoms with Gasteiger partial charge >= 0.3 is 0 Å². The van der Waals surface area contributed by atoms with Crippen molar-refractivity contribution in [2.75, 3.05) is 12.4 Å². The maximum absolute atomic E-state index is 12.6. The van der Waals surface area contributed by atoms with E-state index < -0.39 is 0 Å². The van der Waals surface area contributed by atoms with Crippen LogP contribution in [0.25, 0.3) is 0 Å². The molecule has 3 aromatic rings. The molecule has 2 N–H and O–H groups in total. The molecule has 9 nitrogen and oxygen atoms in total. The fraction of sp³-hybridized carbons (Fsp3) is 0.450. The number of aromatic nitrogens is 6. The molecule has 1 amide bonds. The summed E-state index contributed by atoms with van der Waals surface area (Å²) in [6, 6.07) is 7.71. The highest BCUT2D eigenvalue weighted by Crippen LogP contribution is 2.42. The largest absolute Gasteiger partial charge is 0.378 e. The second-order valence-electron chi connectivity index (χ2n) is 7.55. The minimum absolute atomic E-state index is 0.250. The summed E-state index contributed by atoms with van der Waals surface area (Å²) >= 11 is 0. The maximum Gasteiger partial charge on any atom is 0.275 e. The van der Waals surface area contributed by atoms with Gasteiger partial charge in [-0.3, -0.25) is 14.6 Å². The number of nitrogens with zero attached hydrogens (tertiary/aromatic N) is 5. The van der Waals surface area contributed by atoms with Crippen molar-refractivity contribution in [2.45, 2.75) is 44.6 Å². The van der Waals surface area contributed by atoms with Crippen LogP contribution in [0.15, 0.2) is 24.3 Å². The summed E-state index contributed by atoms with van der Waals surface area (Å²) in [6.45, 7) is 2.31. The maximum atomic E-state index is 12.6. The third kappa shape index (κ3) is 4.19. The van der Waals surface area contributed by atoms with Gasteiger partial charge in [0.25, 0.3) is 5.91 Å². The molecule has 29 heavy (non-hydrogen) atoms. The van der Waals surface area contributed by atoms with Crippen molar-refractivity contribution in [3.63, 3.8) is 0 Å². The molecule has 1 saturated carbocycles. The van der Waals surface area contributed by atoms with E-state index in [4.69, 9.17) is 4.74 Å². The molecule has 0 aromatic carbocycles. The molecule has 9 heteroatoms. The third-order valence-corrected chi connectivity index (χ3v) is 5.40. The van der Waals surface area contributed by atoms with Gasteiger partial charge in [0.15, 0.2) is 5.82 Å². The molecule has 152 valence electrons. The Balaban J connectivity index is 1.40. The second-order valence-corrected chi connectivity index (χ2v) is 7.55. The van der Waals surface area contributed by atoms with Crippen LogP contribution in [0, 0.1) is 6.92 Å². The minimum atomic E-state index is -0.250. The quantitative estimate of drug-likeness (QED) is 0.664. The summed E-state index contributed by atoms with van der Waals surface area (Å²) < 4.78 is 6.61. The van der Waals surface area contributed by atoms with Crippen molar-refractivity contribution < 1.29 is 9.53 Å². The zero-order valence-electron chi connectivity index (χ0n) is 16.8. The predicted octanol–water partition coefficient (Wildman–Crippen LogP) is 2.69. The molecule has 4 rings (SSSR count). The van der Waals surface area contributed by atoms with E-state index in [1.54, 1.807) is 24.9 Å². The number of rotatable bonds is 6. The SMILES string of the molecule is COCc1cc(C(=O)Nc2cc([C@@H]3CC[C@H](c4ccc(C)nn4)C3)[nH]n2)n(C)n1. The van der Waals surface area contributed by atoms with Gasteiger partial charge in [-0.05, 0) is 44.4 Å². The zero-order valence-corrected chi connectivity index (χ0v) is 16.8. The van der Waals surface area contributed by atoms with Crippen molar-refractivity contribution in [2.24, 2.45) is 7.05 Å². The molecule has 1 aliphatic rings. The smallest absolute Gasteiger partial charge is 0.275 e. The highest BCUT2D eigenvalue weighted by atomic mass is 16.5. The highest BCUT2D eigenvalue weighted by molar-refractivity contribution is 6.02. The number of nitrogens with one attached hydrogen (secondary N) is 2. The average molecular weight is 395 g/mol. The number of ether oxygens (including phenoxy) is 1. The normalized spacial score (nSPS) is 18.9. The zero-order chi connectivity index (χ0) is 20.4. The Labute approximate surface area is 168 Å². The Kier molecular flexibility index (Phi) is 5.39. The molecule has 0 radical (unpaired) electrons. The Morgan fingerprint density at radius 2 is 2.10 bits per heavy atom. The van der Waals surface area contributed by atoms with E-state index in [1.807, 2.05) is 19.1 Å². The summed E-state index contributed by atoms with van der Waals surface area (Å²) in [6.07, 6.45) is 3.12. The molecular formula is C20H25N7O2. The van der Waals surface area contributed by atoms with Crippen LogP contribution in [-0.2, 0) is 18.4 Å². The Bertz CT molecular complexity index is 993. The van der Waals surface area contributed by atoms with Crippen LogP contribution < -0.4 is 5.32 Å². The van der Waals surface area contributed by atoms with Gasteiger partial charge in [0.1, 0.15) is 5.69 Å². The van der Waals surface area contributed by atoms with E-state index in [0.29, 0.717) is 35.6 Å². The van der Waals surface area contributed by atoms with Crippen LogP contribution in [0.1, 0.15) is 64.4 Å². The van der Waals surface area contributed by atoms with Gasteiger partial charge in [0, 0.05) is 37.8 Å². The van der Waals surface area contributed by atoms with Gasteiger partial charge in [-0.15, -0.1) is 0 Å². The minimum Gasteiger partial charge on any atom is -0.378 e. The molecule has 2 atom stereocenters. The Morgan fingerprint density at radius 1 is 1.28 bits per heavy atom. The average Bonchev–Trinajstić information content (AvgIpc) is 3.42. The fourth-order valence-corrected chi connectivity index (χ4v) is 3.91. The van der Waals surface area contributed by atoms with Crippen molar-refractivity contribution in [3.05, 3.63) is 52.7 Å². The van der Waals surface area contributed by atoms with Crippen molar-refractivity contribution in [1.82, 2.24) is 30.2 Å². The lowest BCUT2D eigenvalue weighted by Crippen LogP contribution is -2.16. The summed E-state index contributed by atoms with van der Waals surface area (Å²) in [5, 5.41) is 23.0. The number of hydrogen-bond acceptors (Lipinski definition) is 6. The summed E-state index contributed by atoms with van der Waals surface area (Å²) in [4.78, 5) is 12.6. The van der Waals surface area contributed by atoms with Crippen LogP contribution in [-0.4, -0.2) is 43.2 Å². The van der Waals surface area contributed by atoms with E-state index in [-0.39, 0.29) is 5.91 Å². The van der Waals surface area contributed by atoms with Crippen LogP contribution in [0.3, 0.4) is 0 Å². The van der Waals surface area contributed by atoms with E-state index in [2.05, 4.69) is 36.9 Å². The molecular weight excluding hydrogens is 370 g/mol. The number of aryl methyl sites for hydroxylation is 2. The number of carbonyl (C=O) groups is 1. The topological polar surface area (TPSA) is 111 Å². The van der Waals surface area contributed by atoms with Gasteiger partial charge in [0.05, 0.1) is 23.7 Å². The van der Waals surface area contributed by atoms with Crippen molar-refractivity contribution in [1.29, 1.82) is 0 Å².